The van der Waals surface area contributed by atoms with E-state index < -0.39 is 0 Å². The third kappa shape index (κ3) is 7.64. The first kappa shape index (κ1) is 23.1. The molecule has 0 unspecified atom stereocenters. The monoisotopic (exact) mass is 401 g/mol. The highest BCUT2D eigenvalue weighted by atomic mass is 16.5. The van der Waals surface area contributed by atoms with Gasteiger partial charge in [0.15, 0.2) is 0 Å². The zero-order valence-electron chi connectivity index (χ0n) is 17.8. The van der Waals surface area contributed by atoms with Gasteiger partial charge in [0.25, 0.3) is 11.8 Å². The fraction of sp³-hybridized carbons (Fsp3) is 0.625. The van der Waals surface area contributed by atoms with E-state index in [1.807, 2.05) is 0 Å². The average molecular weight is 402 g/mol. The minimum atomic E-state index is -0.143. The third-order valence-corrected chi connectivity index (χ3v) is 5.62. The van der Waals surface area contributed by atoms with Crippen LogP contribution in [0.3, 0.4) is 0 Å². The van der Waals surface area contributed by atoms with Crippen molar-refractivity contribution in [3.63, 3.8) is 0 Å². The number of fused-ring (bicyclic) bond motifs is 1. The molecular weight excluding hydrogens is 366 g/mol. The molecule has 1 aromatic carbocycles. The number of amides is 2. The molecule has 0 bridgehead atoms. The van der Waals surface area contributed by atoms with Gasteiger partial charge in [0.05, 0.1) is 18.2 Å². The predicted octanol–water partition coefficient (Wildman–Crippen LogP) is 5.53. The first-order valence-electron chi connectivity index (χ1n) is 11.2. The van der Waals surface area contributed by atoms with Gasteiger partial charge in [-0.15, -0.1) is 0 Å². The lowest BCUT2D eigenvalue weighted by molar-refractivity contribution is -0.140. The maximum absolute atomic E-state index is 12.3. The maximum Gasteiger partial charge on any atom is 0.305 e. The lowest BCUT2D eigenvalue weighted by Gasteiger charge is -2.13. The summed E-state index contributed by atoms with van der Waals surface area (Å²) in [5, 5.41) is 0. The molecule has 0 spiro atoms. The number of hydrogen-bond donors (Lipinski definition) is 0. The Labute approximate surface area is 174 Å². The van der Waals surface area contributed by atoms with Crippen LogP contribution in [0.1, 0.15) is 104 Å². The molecular formula is C24H35NO4. The molecule has 2 rings (SSSR count). The summed E-state index contributed by atoms with van der Waals surface area (Å²) >= 11 is 0. The van der Waals surface area contributed by atoms with Crippen molar-refractivity contribution in [1.29, 1.82) is 0 Å². The average Bonchev–Trinajstić information content (AvgIpc) is 2.98. The van der Waals surface area contributed by atoms with E-state index in [4.69, 9.17) is 0 Å². The number of unbranched alkanes of at least 4 members (excludes halogenated alkanes) is 11. The molecule has 1 aliphatic rings. The van der Waals surface area contributed by atoms with Crippen molar-refractivity contribution in [2.24, 2.45) is 0 Å². The summed E-state index contributed by atoms with van der Waals surface area (Å²) in [6.07, 6.45) is 14.5. The zero-order chi connectivity index (χ0) is 20.9. The lowest BCUT2D eigenvalue weighted by atomic mass is 10.0. The Kier molecular flexibility index (Phi) is 10.5. The molecule has 5 nitrogen and oxygen atoms in total. The number of esters is 1. The van der Waals surface area contributed by atoms with Crippen molar-refractivity contribution < 1.29 is 19.1 Å². The van der Waals surface area contributed by atoms with E-state index in [1.165, 1.54) is 57.0 Å². The van der Waals surface area contributed by atoms with Gasteiger partial charge < -0.3 is 4.74 Å². The van der Waals surface area contributed by atoms with Crippen LogP contribution in [-0.2, 0) is 9.53 Å². The maximum atomic E-state index is 12.3. The van der Waals surface area contributed by atoms with Crippen molar-refractivity contribution in [3.8, 4) is 0 Å². The zero-order valence-corrected chi connectivity index (χ0v) is 17.8. The Morgan fingerprint density at radius 2 is 1.14 bits per heavy atom. The second kappa shape index (κ2) is 13.1. The molecule has 29 heavy (non-hydrogen) atoms. The number of methoxy groups -OCH3 is 1. The van der Waals surface area contributed by atoms with Crippen molar-refractivity contribution in [1.82, 2.24) is 4.90 Å². The summed E-state index contributed by atoms with van der Waals surface area (Å²) < 4.78 is 4.63. The van der Waals surface area contributed by atoms with Crippen molar-refractivity contribution >= 4 is 17.8 Å². The smallest absolute Gasteiger partial charge is 0.305 e. The summed E-state index contributed by atoms with van der Waals surface area (Å²) in [5.74, 6) is -0.388. The standard InChI is InChI=1S/C24H35NO4/c1-29-22(26)18-12-10-8-6-4-2-3-5-7-9-11-15-19-25-23(27)20-16-13-14-17-21(20)24(25)28/h13-14,16-17H,2-12,15,18-19H2,1H3. The first-order valence-corrected chi connectivity index (χ1v) is 11.2. The van der Waals surface area contributed by atoms with Gasteiger partial charge in [-0.2, -0.15) is 0 Å². The van der Waals surface area contributed by atoms with Crippen molar-refractivity contribution in [2.75, 3.05) is 13.7 Å². The second-order valence-corrected chi connectivity index (χ2v) is 7.88. The van der Waals surface area contributed by atoms with E-state index in [9.17, 15) is 14.4 Å². The van der Waals surface area contributed by atoms with Crippen LogP contribution in [0, 0.1) is 0 Å². The summed E-state index contributed by atoms with van der Waals surface area (Å²) in [4.78, 5) is 37.0. The predicted molar refractivity (Wildman–Crippen MR) is 114 cm³/mol. The number of nitrogens with zero attached hydrogens (tertiary/aromatic N) is 1. The van der Waals surface area contributed by atoms with Gasteiger partial charge in [-0.25, -0.2) is 0 Å². The highest BCUT2D eigenvalue weighted by Gasteiger charge is 2.34. The van der Waals surface area contributed by atoms with Crippen LogP contribution in [0.25, 0.3) is 0 Å². The van der Waals surface area contributed by atoms with Gasteiger partial charge >= 0.3 is 5.97 Å². The molecule has 0 aromatic heterocycles. The minimum Gasteiger partial charge on any atom is -0.469 e. The van der Waals surface area contributed by atoms with Gasteiger partial charge in [0.1, 0.15) is 0 Å². The largest absolute Gasteiger partial charge is 0.469 e. The number of hydrogen-bond acceptors (Lipinski definition) is 4. The first-order chi connectivity index (χ1) is 14.1. The van der Waals surface area contributed by atoms with Gasteiger partial charge in [-0.05, 0) is 25.0 Å². The highest BCUT2D eigenvalue weighted by Crippen LogP contribution is 2.23. The number of imide groups is 1. The highest BCUT2D eigenvalue weighted by molar-refractivity contribution is 6.21. The quantitative estimate of drug-likeness (QED) is 0.220. The van der Waals surface area contributed by atoms with Gasteiger partial charge in [0.2, 0.25) is 0 Å². The Bertz CT molecular complexity index is 636. The topological polar surface area (TPSA) is 63.7 Å². The van der Waals surface area contributed by atoms with E-state index in [-0.39, 0.29) is 17.8 Å². The van der Waals surface area contributed by atoms with E-state index in [0.29, 0.717) is 24.1 Å². The second-order valence-electron chi connectivity index (χ2n) is 7.88. The molecule has 0 atom stereocenters. The third-order valence-electron chi connectivity index (χ3n) is 5.62. The number of ether oxygens (including phenoxy) is 1. The summed E-state index contributed by atoms with van der Waals surface area (Å²) in [6, 6.07) is 7.08. The number of benzene rings is 1. The Morgan fingerprint density at radius 3 is 1.59 bits per heavy atom. The van der Waals surface area contributed by atoms with Crippen LogP contribution in [-0.4, -0.2) is 36.3 Å². The normalized spacial score (nSPS) is 13.1. The SMILES string of the molecule is COC(=O)CCCCCCCCCCCCCCN1C(=O)c2ccccc2C1=O. The van der Waals surface area contributed by atoms with Gasteiger partial charge in [0, 0.05) is 13.0 Å². The van der Waals surface area contributed by atoms with E-state index in [2.05, 4.69) is 4.74 Å². The molecule has 2 amide bonds. The van der Waals surface area contributed by atoms with Crippen molar-refractivity contribution in [2.45, 2.75) is 83.5 Å². The molecule has 0 radical (unpaired) electrons. The molecule has 0 saturated carbocycles. The molecule has 0 aliphatic carbocycles. The fourth-order valence-electron chi connectivity index (χ4n) is 3.85. The molecule has 1 heterocycles. The number of carbonyl (C=O) groups excluding carboxylic acids is 3. The van der Waals surface area contributed by atoms with Crippen LogP contribution in [0.15, 0.2) is 24.3 Å². The van der Waals surface area contributed by atoms with Crippen LogP contribution in [0.2, 0.25) is 0 Å². The summed E-state index contributed by atoms with van der Waals surface area (Å²) in [5.41, 5.74) is 1.09. The molecule has 5 heteroatoms. The summed E-state index contributed by atoms with van der Waals surface area (Å²) in [6.45, 7) is 0.530. The van der Waals surface area contributed by atoms with Crippen LogP contribution < -0.4 is 0 Å². The Balaban J connectivity index is 1.40. The minimum absolute atomic E-state index is 0.103. The van der Waals surface area contributed by atoms with Crippen LogP contribution in [0.4, 0.5) is 0 Å². The van der Waals surface area contributed by atoms with Crippen LogP contribution >= 0.6 is 0 Å². The molecule has 1 aliphatic heterocycles. The number of rotatable bonds is 15. The number of carbonyl (C=O) groups is 3. The van der Waals surface area contributed by atoms with Gasteiger partial charge in [-0.1, -0.05) is 76.3 Å². The van der Waals surface area contributed by atoms with E-state index >= 15 is 0 Å². The molecule has 0 fully saturated rings. The van der Waals surface area contributed by atoms with Gasteiger partial charge in [-0.3, -0.25) is 19.3 Å². The lowest BCUT2D eigenvalue weighted by Crippen LogP contribution is -2.30. The van der Waals surface area contributed by atoms with E-state index in [1.54, 1.807) is 24.3 Å². The van der Waals surface area contributed by atoms with Crippen molar-refractivity contribution in [3.05, 3.63) is 35.4 Å². The van der Waals surface area contributed by atoms with Crippen LogP contribution in [0.5, 0.6) is 0 Å². The summed E-state index contributed by atoms with van der Waals surface area (Å²) in [7, 11) is 1.44. The van der Waals surface area contributed by atoms with E-state index in [0.717, 1.165) is 32.1 Å². The molecule has 160 valence electrons. The molecule has 0 N–H and O–H groups in total. The molecule has 0 saturated heterocycles. The molecule has 1 aromatic rings. The Morgan fingerprint density at radius 1 is 0.724 bits per heavy atom. The fourth-order valence-corrected chi connectivity index (χ4v) is 3.85. The Hall–Kier alpha value is -2.17.